The molecule has 10 nitrogen and oxygen atoms in total. The van der Waals surface area contributed by atoms with E-state index in [1.165, 1.54) is 11.0 Å². The standard InChI is InChI=1S/C31H30N4O6S/c1-21(2)35(20-22-9-8-10-24(19-22)29(32)34-30(36)40-25-11-4-3-5-12-25)31(37)41-26-17-15-23(16-18-26)27-13-6-7-14-28(27)42(33,38)39/h3-19,21H,20H2,1-2H3,(H2,32,34,36)(H2,33,38,39). The van der Waals surface area contributed by atoms with Gasteiger partial charge in [-0.3, -0.25) is 10.7 Å². The summed E-state index contributed by atoms with van der Waals surface area (Å²) in [5, 5.41) is 16.1. The first-order valence-corrected chi connectivity index (χ1v) is 14.5. The second kappa shape index (κ2) is 13.1. The zero-order valence-electron chi connectivity index (χ0n) is 23.0. The Morgan fingerprint density at radius 2 is 1.50 bits per heavy atom. The fourth-order valence-electron chi connectivity index (χ4n) is 4.09. The number of hydrogen-bond acceptors (Lipinski definition) is 7. The van der Waals surface area contributed by atoms with Gasteiger partial charge in [-0.2, -0.15) is 0 Å². The molecule has 0 aromatic heterocycles. The minimum Gasteiger partial charge on any atom is -0.410 e. The quantitative estimate of drug-likeness (QED) is 0.183. The van der Waals surface area contributed by atoms with Crippen LogP contribution in [0.5, 0.6) is 11.5 Å². The fraction of sp³-hybridized carbons (Fsp3) is 0.129. The summed E-state index contributed by atoms with van der Waals surface area (Å²) < 4.78 is 34.7. The van der Waals surface area contributed by atoms with Crippen LogP contribution < -0.4 is 19.9 Å². The molecule has 0 fully saturated rings. The molecule has 216 valence electrons. The summed E-state index contributed by atoms with van der Waals surface area (Å²) in [7, 11) is -3.92. The Labute approximate surface area is 244 Å². The number of benzene rings is 4. The molecule has 0 saturated carbocycles. The van der Waals surface area contributed by atoms with E-state index in [1.54, 1.807) is 97.1 Å². The van der Waals surface area contributed by atoms with E-state index in [0.29, 0.717) is 22.4 Å². The molecule has 0 aliphatic carbocycles. The van der Waals surface area contributed by atoms with Crippen molar-refractivity contribution in [1.29, 1.82) is 5.41 Å². The van der Waals surface area contributed by atoms with Crippen LogP contribution >= 0.6 is 0 Å². The number of rotatable bonds is 8. The number of nitrogens with two attached hydrogens (primary N) is 1. The molecule has 4 rings (SSSR count). The summed E-state index contributed by atoms with van der Waals surface area (Å²) in [6, 6.07) is 28.0. The molecule has 2 amide bonds. The van der Waals surface area contributed by atoms with E-state index in [1.807, 2.05) is 13.8 Å². The van der Waals surface area contributed by atoms with Crippen molar-refractivity contribution in [3.05, 3.63) is 114 Å². The third-order valence-corrected chi connectivity index (χ3v) is 7.14. The van der Waals surface area contributed by atoms with Crippen LogP contribution in [0.2, 0.25) is 0 Å². The van der Waals surface area contributed by atoms with E-state index < -0.39 is 22.2 Å². The Morgan fingerprint density at radius 1 is 0.857 bits per heavy atom. The summed E-state index contributed by atoms with van der Waals surface area (Å²) in [6.07, 6.45) is -1.38. The average Bonchev–Trinajstić information content (AvgIpc) is 2.96. The number of carbonyl (C=O) groups is 2. The van der Waals surface area contributed by atoms with Crippen LogP contribution in [0.15, 0.2) is 108 Å². The minimum absolute atomic E-state index is 0.000624. The molecule has 0 saturated heterocycles. The van der Waals surface area contributed by atoms with E-state index in [9.17, 15) is 18.0 Å². The average molecular weight is 587 g/mol. The second-order valence-electron chi connectivity index (χ2n) is 9.56. The fourth-order valence-corrected chi connectivity index (χ4v) is 4.85. The topological polar surface area (TPSA) is 152 Å². The number of sulfonamides is 1. The van der Waals surface area contributed by atoms with Gasteiger partial charge >= 0.3 is 12.2 Å². The molecular weight excluding hydrogens is 556 g/mol. The number of amides is 2. The molecule has 0 bridgehead atoms. The van der Waals surface area contributed by atoms with Crippen molar-refractivity contribution in [3.63, 3.8) is 0 Å². The highest BCUT2D eigenvalue weighted by Crippen LogP contribution is 2.28. The van der Waals surface area contributed by atoms with Crippen LogP contribution in [0.4, 0.5) is 9.59 Å². The van der Waals surface area contributed by atoms with Crippen molar-refractivity contribution in [2.45, 2.75) is 31.3 Å². The summed E-state index contributed by atoms with van der Waals surface area (Å²) in [4.78, 5) is 26.8. The zero-order valence-corrected chi connectivity index (χ0v) is 23.8. The molecule has 0 atom stereocenters. The van der Waals surface area contributed by atoms with Gasteiger partial charge in [-0.15, -0.1) is 0 Å². The maximum atomic E-state index is 13.1. The normalized spacial score (nSPS) is 11.0. The molecule has 0 aliphatic heterocycles. The summed E-state index contributed by atoms with van der Waals surface area (Å²) in [6.45, 7) is 3.88. The highest BCUT2D eigenvalue weighted by atomic mass is 32.2. The SMILES string of the molecule is CC(C)N(Cc1cccc(C(=N)NC(=O)Oc2ccccc2)c1)C(=O)Oc1ccc(-c2ccccc2S(N)(=O)=O)cc1. The van der Waals surface area contributed by atoms with E-state index in [-0.39, 0.29) is 29.1 Å². The van der Waals surface area contributed by atoms with Gasteiger partial charge in [-0.25, -0.2) is 23.1 Å². The molecular formula is C31H30N4O6S. The van der Waals surface area contributed by atoms with Gasteiger partial charge in [0.2, 0.25) is 10.0 Å². The largest absolute Gasteiger partial charge is 0.418 e. The van der Waals surface area contributed by atoms with E-state index in [2.05, 4.69) is 5.32 Å². The lowest BCUT2D eigenvalue weighted by Crippen LogP contribution is -2.38. The van der Waals surface area contributed by atoms with Gasteiger partial charge in [-0.05, 0) is 61.4 Å². The van der Waals surface area contributed by atoms with E-state index in [0.717, 1.165) is 5.56 Å². The molecule has 11 heteroatoms. The first kappa shape index (κ1) is 30.0. The predicted molar refractivity (Wildman–Crippen MR) is 159 cm³/mol. The molecule has 0 unspecified atom stereocenters. The number of carbonyl (C=O) groups excluding carboxylic acids is 2. The van der Waals surface area contributed by atoms with E-state index in [4.69, 9.17) is 20.0 Å². The molecule has 42 heavy (non-hydrogen) atoms. The third kappa shape index (κ3) is 7.80. The number of nitrogens with zero attached hydrogens (tertiary/aromatic N) is 1. The summed E-state index contributed by atoms with van der Waals surface area (Å²) in [5.41, 5.74) is 2.19. The van der Waals surface area contributed by atoms with Crippen molar-refractivity contribution in [2.75, 3.05) is 0 Å². The number of hydrogen-bond donors (Lipinski definition) is 3. The molecule has 0 spiro atoms. The Balaban J connectivity index is 1.42. The summed E-state index contributed by atoms with van der Waals surface area (Å²) >= 11 is 0. The number of primary sulfonamides is 1. The Kier molecular flexibility index (Phi) is 9.35. The Hall–Kier alpha value is -5.00. The van der Waals surface area contributed by atoms with Gasteiger partial charge in [0.25, 0.3) is 0 Å². The number of amidine groups is 1. The van der Waals surface area contributed by atoms with Crippen LogP contribution in [-0.2, 0) is 16.6 Å². The maximum Gasteiger partial charge on any atom is 0.418 e. The molecule has 0 aliphatic rings. The van der Waals surface area contributed by atoms with Crippen molar-refractivity contribution in [3.8, 4) is 22.6 Å². The van der Waals surface area contributed by atoms with E-state index >= 15 is 0 Å². The number of ether oxygens (including phenoxy) is 2. The first-order chi connectivity index (χ1) is 20.0. The van der Waals surface area contributed by atoms with Crippen LogP contribution in [0.3, 0.4) is 0 Å². The van der Waals surface area contributed by atoms with Crippen LogP contribution in [0.25, 0.3) is 11.1 Å². The number of nitrogens with one attached hydrogen (secondary N) is 2. The van der Waals surface area contributed by atoms with Gasteiger partial charge in [0.1, 0.15) is 17.3 Å². The van der Waals surface area contributed by atoms with Crippen LogP contribution in [0, 0.1) is 5.41 Å². The predicted octanol–water partition coefficient (Wildman–Crippen LogP) is 5.52. The lowest BCUT2D eigenvalue weighted by Gasteiger charge is -2.26. The van der Waals surface area contributed by atoms with Crippen molar-refractivity contribution in [1.82, 2.24) is 10.2 Å². The molecule has 0 radical (unpaired) electrons. The van der Waals surface area contributed by atoms with Gasteiger partial charge in [0, 0.05) is 23.7 Å². The van der Waals surface area contributed by atoms with Crippen molar-refractivity contribution < 1.29 is 27.5 Å². The van der Waals surface area contributed by atoms with Crippen LogP contribution in [-0.4, -0.2) is 37.4 Å². The smallest absolute Gasteiger partial charge is 0.410 e. The van der Waals surface area contributed by atoms with Gasteiger partial charge in [0.05, 0.1) is 4.90 Å². The first-order valence-electron chi connectivity index (χ1n) is 12.9. The number of para-hydroxylation sites is 1. The molecule has 4 N–H and O–H groups in total. The van der Waals surface area contributed by atoms with Crippen molar-refractivity contribution in [2.24, 2.45) is 5.14 Å². The van der Waals surface area contributed by atoms with Crippen molar-refractivity contribution >= 4 is 28.0 Å². The zero-order chi connectivity index (χ0) is 30.3. The third-order valence-electron chi connectivity index (χ3n) is 6.17. The lowest BCUT2D eigenvalue weighted by molar-refractivity contribution is 0.135. The Bertz CT molecular complexity index is 1690. The molecule has 4 aromatic rings. The maximum absolute atomic E-state index is 13.1. The Morgan fingerprint density at radius 3 is 2.17 bits per heavy atom. The van der Waals surface area contributed by atoms with Gasteiger partial charge in [-0.1, -0.05) is 66.7 Å². The van der Waals surface area contributed by atoms with Gasteiger partial charge in [0.15, 0.2) is 0 Å². The van der Waals surface area contributed by atoms with Gasteiger partial charge < -0.3 is 14.4 Å². The second-order valence-corrected chi connectivity index (χ2v) is 11.1. The highest BCUT2D eigenvalue weighted by molar-refractivity contribution is 7.89. The minimum atomic E-state index is -3.92. The summed E-state index contributed by atoms with van der Waals surface area (Å²) in [5.74, 6) is 0.477. The van der Waals surface area contributed by atoms with Crippen LogP contribution in [0.1, 0.15) is 25.0 Å². The lowest BCUT2D eigenvalue weighted by atomic mass is 10.1. The molecule has 0 heterocycles. The molecule has 4 aromatic carbocycles. The monoisotopic (exact) mass is 586 g/mol. The highest BCUT2D eigenvalue weighted by Gasteiger charge is 2.21.